The molecular formula is C15H19N3O3. The van der Waals surface area contributed by atoms with Gasteiger partial charge in [0.15, 0.2) is 0 Å². The van der Waals surface area contributed by atoms with E-state index in [0.29, 0.717) is 23.1 Å². The van der Waals surface area contributed by atoms with Crippen molar-refractivity contribution in [1.82, 2.24) is 9.78 Å². The number of hydrogen-bond donors (Lipinski definition) is 1. The number of aryl methyl sites for hydroxylation is 2. The van der Waals surface area contributed by atoms with Crippen LogP contribution in [0.4, 0.5) is 5.69 Å². The zero-order valence-corrected chi connectivity index (χ0v) is 12.3. The van der Waals surface area contributed by atoms with Gasteiger partial charge in [-0.05, 0) is 32.8 Å². The van der Waals surface area contributed by atoms with E-state index in [4.69, 9.17) is 9.15 Å². The Bertz CT molecular complexity index is 638. The quantitative estimate of drug-likeness (QED) is 0.943. The average molecular weight is 289 g/mol. The highest BCUT2D eigenvalue weighted by molar-refractivity contribution is 6.04. The molecule has 1 N–H and O–H groups in total. The third-order valence-corrected chi connectivity index (χ3v) is 3.71. The Kier molecular flexibility index (Phi) is 3.79. The zero-order chi connectivity index (χ0) is 14.8. The lowest BCUT2D eigenvalue weighted by molar-refractivity contribution is 0.0662. The van der Waals surface area contributed by atoms with Crippen LogP contribution in [0.25, 0.3) is 0 Å². The van der Waals surface area contributed by atoms with E-state index >= 15 is 0 Å². The first kappa shape index (κ1) is 13.9. The molecular weight excluding hydrogens is 270 g/mol. The molecule has 1 fully saturated rings. The molecule has 1 amide bonds. The third-order valence-electron chi connectivity index (χ3n) is 3.71. The second-order valence-corrected chi connectivity index (χ2v) is 5.33. The fraction of sp³-hybridized carbons (Fsp3) is 0.467. The van der Waals surface area contributed by atoms with Crippen LogP contribution >= 0.6 is 0 Å². The summed E-state index contributed by atoms with van der Waals surface area (Å²) >= 11 is 0. The van der Waals surface area contributed by atoms with Gasteiger partial charge < -0.3 is 14.5 Å². The summed E-state index contributed by atoms with van der Waals surface area (Å²) in [6.45, 7) is 5.14. The number of ether oxygens (including phenoxy) is 1. The fourth-order valence-corrected chi connectivity index (χ4v) is 2.61. The average Bonchev–Trinajstić information content (AvgIpc) is 3.06. The number of aromatic nitrogens is 2. The molecule has 0 spiro atoms. The first-order valence-corrected chi connectivity index (χ1v) is 7.14. The van der Waals surface area contributed by atoms with E-state index in [9.17, 15) is 4.79 Å². The van der Waals surface area contributed by atoms with Gasteiger partial charge in [0, 0.05) is 19.4 Å². The molecule has 0 aromatic carbocycles. The predicted molar refractivity (Wildman–Crippen MR) is 77.5 cm³/mol. The number of furan rings is 1. The van der Waals surface area contributed by atoms with Crippen LogP contribution < -0.4 is 5.32 Å². The maximum atomic E-state index is 12.2. The van der Waals surface area contributed by atoms with Gasteiger partial charge in [0.05, 0.1) is 23.5 Å². The van der Waals surface area contributed by atoms with Gasteiger partial charge in [-0.25, -0.2) is 0 Å². The lowest BCUT2D eigenvalue weighted by atomic mass is 10.1. The highest BCUT2D eigenvalue weighted by Gasteiger charge is 2.18. The lowest BCUT2D eigenvalue weighted by Gasteiger charge is -2.22. The van der Waals surface area contributed by atoms with E-state index in [-0.39, 0.29) is 5.91 Å². The topological polar surface area (TPSA) is 69.3 Å². The summed E-state index contributed by atoms with van der Waals surface area (Å²) in [5.41, 5.74) is 1.26. The Morgan fingerprint density at radius 2 is 2.14 bits per heavy atom. The summed E-state index contributed by atoms with van der Waals surface area (Å²) in [4.78, 5) is 12.2. The zero-order valence-electron chi connectivity index (χ0n) is 12.3. The van der Waals surface area contributed by atoms with E-state index in [1.807, 2.05) is 17.8 Å². The van der Waals surface area contributed by atoms with Gasteiger partial charge in [0.1, 0.15) is 11.5 Å². The minimum atomic E-state index is -0.170. The van der Waals surface area contributed by atoms with Crippen molar-refractivity contribution < 1.29 is 13.9 Å². The van der Waals surface area contributed by atoms with E-state index in [0.717, 1.165) is 31.8 Å². The van der Waals surface area contributed by atoms with Crippen molar-refractivity contribution in [2.24, 2.45) is 0 Å². The number of amides is 1. The largest absolute Gasteiger partial charge is 0.466 e. The normalized spacial score (nSPS) is 16.1. The summed E-state index contributed by atoms with van der Waals surface area (Å²) in [6.07, 6.45) is 5.45. The van der Waals surface area contributed by atoms with Crippen LogP contribution in [0, 0.1) is 13.8 Å². The summed E-state index contributed by atoms with van der Waals surface area (Å²) in [6, 6.07) is 2.09. The number of carbonyl (C=O) groups excluding carboxylic acids is 1. The molecule has 1 aliphatic heterocycles. The van der Waals surface area contributed by atoms with Crippen LogP contribution in [-0.4, -0.2) is 28.9 Å². The maximum Gasteiger partial charge on any atom is 0.259 e. The Morgan fingerprint density at radius 1 is 1.38 bits per heavy atom. The monoisotopic (exact) mass is 289 g/mol. The van der Waals surface area contributed by atoms with Gasteiger partial charge in [-0.15, -0.1) is 0 Å². The molecule has 1 saturated heterocycles. The summed E-state index contributed by atoms with van der Waals surface area (Å²) < 4.78 is 12.6. The highest BCUT2D eigenvalue weighted by atomic mass is 16.5. The van der Waals surface area contributed by atoms with Crippen molar-refractivity contribution in [2.45, 2.75) is 32.7 Å². The molecule has 1 aliphatic rings. The SMILES string of the molecule is Cc1cc(C(=O)Nc2cnn(C3CCOCC3)c2)c(C)o1. The van der Waals surface area contributed by atoms with Crippen LogP contribution in [0.2, 0.25) is 0 Å². The van der Waals surface area contributed by atoms with Crippen molar-refractivity contribution in [3.8, 4) is 0 Å². The Labute approximate surface area is 123 Å². The number of carbonyl (C=O) groups is 1. The molecule has 0 aliphatic carbocycles. The van der Waals surface area contributed by atoms with Crippen LogP contribution in [0.3, 0.4) is 0 Å². The number of rotatable bonds is 3. The first-order chi connectivity index (χ1) is 10.1. The number of nitrogens with one attached hydrogen (secondary N) is 1. The van der Waals surface area contributed by atoms with Crippen LogP contribution in [0.1, 0.15) is 40.8 Å². The van der Waals surface area contributed by atoms with E-state index in [1.165, 1.54) is 0 Å². The molecule has 0 unspecified atom stereocenters. The number of anilines is 1. The highest BCUT2D eigenvalue weighted by Crippen LogP contribution is 2.22. The smallest absolute Gasteiger partial charge is 0.259 e. The Morgan fingerprint density at radius 3 is 2.81 bits per heavy atom. The third kappa shape index (κ3) is 3.00. The van der Waals surface area contributed by atoms with Gasteiger partial charge in [-0.1, -0.05) is 0 Å². The van der Waals surface area contributed by atoms with Gasteiger partial charge in [-0.3, -0.25) is 9.48 Å². The molecule has 6 heteroatoms. The van der Waals surface area contributed by atoms with E-state index < -0.39 is 0 Å². The molecule has 21 heavy (non-hydrogen) atoms. The van der Waals surface area contributed by atoms with E-state index in [2.05, 4.69) is 10.4 Å². The molecule has 2 aromatic heterocycles. The van der Waals surface area contributed by atoms with Gasteiger partial charge in [0.25, 0.3) is 5.91 Å². The first-order valence-electron chi connectivity index (χ1n) is 7.14. The van der Waals surface area contributed by atoms with Crippen molar-refractivity contribution >= 4 is 11.6 Å². The second kappa shape index (κ2) is 5.73. The van der Waals surface area contributed by atoms with E-state index in [1.54, 1.807) is 19.2 Å². The second-order valence-electron chi connectivity index (χ2n) is 5.33. The van der Waals surface area contributed by atoms with Crippen molar-refractivity contribution in [1.29, 1.82) is 0 Å². The molecule has 3 heterocycles. The minimum absolute atomic E-state index is 0.170. The molecule has 6 nitrogen and oxygen atoms in total. The Balaban J connectivity index is 1.69. The maximum absolute atomic E-state index is 12.2. The van der Waals surface area contributed by atoms with Gasteiger partial charge >= 0.3 is 0 Å². The molecule has 2 aromatic rings. The molecule has 0 saturated carbocycles. The summed E-state index contributed by atoms with van der Waals surface area (Å²) in [7, 11) is 0. The molecule has 112 valence electrons. The van der Waals surface area contributed by atoms with Crippen molar-refractivity contribution in [2.75, 3.05) is 18.5 Å². The fourth-order valence-electron chi connectivity index (χ4n) is 2.61. The Hall–Kier alpha value is -2.08. The van der Waals surface area contributed by atoms with Crippen molar-refractivity contribution in [3.05, 3.63) is 35.5 Å². The molecule has 0 bridgehead atoms. The lowest BCUT2D eigenvalue weighted by Crippen LogP contribution is -2.19. The predicted octanol–water partition coefficient (Wildman–Crippen LogP) is 2.70. The van der Waals surface area contributed by atoms with Gasteiger partial charge in [-0.2, -0.15) is 5.10 Å². The number of hydrogen-bond acceptors (Lipinski definition) is 4. The van der Waals surface area contributed by atoms with Crippen molar-refractivity contribution in [3.63, 3.8) is 0 Å². The summed E-state index contributed by atoms with van der Waals surface area (Å²) in [5.74, 6) is 1.19. The standard InChI is InChI=1S/C15H19N3O3/c1-10-7-14(11(2)21-10)15(19)17-12-8-16-18(9-12)13-3-5-20-6-4-13/h7-9,13H,3-6H2,1-2H3,(H,17,19). The van der Waals surface area contributed by atoms with Gasteiger partial charge in [0.2, 0.25) is 0 Å². The van der Waals surface area contributed by atoms with Crippen LogP contribution in [0.15, 0.2) is 22.9 Å². The molecule has 3 rings (SSSR count). The minimum Gasteiger partial charge on any atom is -0.466 e. The van der Waals surface area contributed by atoms with Crippen LogP contribution in [-0.2, 0) is 4.74 Å². The number of nitrogens with zero attached hydrogens (tertiary/aromatic N) is 2. The van der Waals surface area contributed by atoms with Crippen LogP contribution in [0.5, 0.6) is 0 Å². The molecule has 0 atom stereocenters. The summed E-state index contributed by atoms with van der Waals surface area (Å²) in [5, 5.41) is 7.20. The molecule has 0 radical (unpaired) electrons.